The Hall–Kier alpha value is -4.66. The number of ether oxygens (including phenoxy) is 4. The van der Waals surface area contributed by atoms with E-state index in [1.807, 2.05) is 0 Å². The Labute approximate surface area is 205 Å². The van der Waals surface area contributed by atoms with Gasteiger partial charge in [0.25, 0.3) is 0 Å². The monoisotopic (exact) mass is 490 g/mol. The normalized spacial score (nSPS) is 14.8. The second kappa shape index (κ2) is 8.84. The van der Waals surface area contributed by atoms with Gasteiger partial charge >= 0.3 is 5.97 Å². The summed E-state index contributed by atoms with van der Waals surface area (Å²) in [4.78, 5) is 26.0. The minimum absolute atomic E-state index is 0.0397. The van der Waals surface area contributed by atoms with E-state index < -0.39 is 17.3 Å². The number of benzene rings is 3. The molecule has 0 aliphatic carbocycles. The van der Waals surface area contributed by atoms with Crippen molar-refractivity contribution in [2.75, 3.05) is 21.3 Å². The van der Waals surface area contributed by atoms with Crippen LogP contribution in [0, 0.1) is 0 Å². The number of fused-ring (bicyclic) bond motifs is 3. The molecule has 0 fully saturated rings. The first kappa shape index (κ1) is 23.1. The first-order valence-corrected chi connectivity index (χ1v) is 11.0. The van der Waals surface area contributed by atoms with Crippen molar-refractivity contribution in [3.8, 4) is 45.6 Å². The minimum Gasteiger partial charge on any atom is -0.507 e. The van der Waals surface area contributed by atoms with Crippen molar-refractivity contribution in [1.29, 1.82) is 0 Å². The molecule has 0 spiro atoms. The van der Waals surface area contributed by atoms with Crippen LogP contribution in [0.15, 0.2) is 57.9 Å². The van der Waals surface area contributed by atoms with Crippen LogP contribution in [-0.2, 0) is 4.79 Å². The minimum atomic E-state index is -0.575. The highest BCUT2D eigenvalue weighted by atomic mass is 16.5. The van der Waals surface area contributed by atoms with E-state index in [2.05, 4.69) is 0 Å². The number of carbonyl (C=O) groups is 1. The van der Waals surface area contributed by atoms with E-state index in [1.54, 1.807) is 30.3 Å². The van der Waals surface area contributed by atoms with E-state index in [-0.39, 0.29) is 46.0 Å². The summed E-state index contributed by atoms with van der Waals surface area (Å²) in [5.41, 5.74) is 1.42. The van der Waals surface area contributed by atoms with Crippen molar-refractivity contribution >= 4 is 16.9 Å². The Morgan fingerprint density at radius 1 is 0.861 bits per heavy atom. The van der Waals surface area contributed by atoms with Crippen molar-refractivity contribution in [2.45, 2.75) is 12.3 Å². The number of hydrogen-bond donors (Lipinski definition) is 2. The number of methoxy groups -OCH3 is 3. The van der Waals surface area contributed by atoms with Crippen LogP contribution in [0.5, 0.6) is 34.5 Å². The molecule has 3 aromatic carbocycles. The Bertz CT molecular complexity index is 1570. The molecule has 2 heterocycles. The molecule has 1 aliphatic rings. The molecule has 0 radical (unpaired) electrons. The summed E-state index contributed by atoms with van der Waals surface area (Å²) in [5.74, 6) is -0.270. The maximum atomic E-state index is 13.6. The lowest BCUT2D eigenvalue weighted by Gasteiger charge is -2.26. The van der Waals surface area contributed by atoms with Crippen LogP contribution in [0.4, 0.5) is 0 Å². The molecular formula is C27H22O9. The van der Waals surface area contributed by atoms with E-state index in [0.717, 1.165) is 0 Å². The van der Waals surface area contributed by atoms with Gasteiger partial charge in [0.1, 0.15) is 28.7 Å². The fraction of sp³-hybridized carbons (Fsp3) is 0.185. The van der Waals surface area contributed by atoms with Gasteiger partial charge in [-0.05, 0) is 35.4 Å². The van der Waals surface area contributed by atoms with Gasteiger partial charge in [-0.1, -0.05) is 12.1 Å². The van der Waals surface area contributed by atoms with Crippen LogP contribution >= 0.6 is 0 Å². The van der Waals surface area contributed by atoms with Crippen LogP contribution < -0.4 is 24.4 Å². The molecule has 9 heteroatoms. The summed E-state index contributed by atoms with van der Waals surface area (Å²) in [7, 11) is 4.42. The number of rotatable bonds is 5. The maximum Gasteiger partial charge on any atom is 0.312 e. The molecule has 0 saturated heterocycles. The maximum absolute atomic E-state index is 13.6. The Morgan fingerprint density at radius 2 is 1.61 bits per heavy atom. The number of aromatic hydroxyl groups is 2. The summed E-state index contributed by atoms with van der Waals surface area (Å²) in [5, 5.41) is 20.7. The molecule has 0 amide bonds. The molecule has 0 saturated carbocycles. The van der Waals surface area contributed by atoms with Gasteiger partial charge in [0.15, 0.2) is 23.0 Å². The molecule has 0 bridgehead atoms. The third kappa shape index (κ3) is 3.65. The fourth-order valence-electron chi connectivity index (χ4n) is 4.53. The highest BCUT2D eigenvalue weighted by Crippen LogP contribution is 2.46. The first-order valence-electron chi connectivity index (χ1n) is 11.0. The van der Waals surface area contributed by atoms with Crippen LogP contribution in [-0.4, -0.2) is 37.5 Å². The Morgan fingerprint density at radius 3 is 2.33 bits per heavy atom. The number of esters is 1. The molecule has 1 aliphatic heterocycles. The molecule has 184 valence electrons. The number of phenols is 2. The summed E-state index contributed by atoms with van der Waals surface area (Å²) in [6.07, 6.45) is 1.26. The quantitative estimate of drug-likeness (QED) is 0.310. The average molecular weight is 490 g/mol. The zero-order valence-corrected chi connectivity index (χ0v) is 19.7. The Balaban J connectivity index is 1.74. The lowest BCUT2D eigenvalue weighted by molar-refractivity contribution is -0.135. The SMILES string of the molecule is COc1cc(C2CC(=O)Oc3cc(O)c4c(=O)c(-c5ccc(OC)c(OC)c5)coc4c32)ccc1O. The van der Waals surface area contributed by atoms with Gasteiger partial charge < -0.3 is 33.6 Å². The number of hydrogen-bond acceptors (Lipinski definition) is 9. The summed E-state index contributed by atoms with van der Waals surface area (Å²) < 4.78 is 27.2. The molecule has 1 aromatic heterocycles. The highest BCUT2D eigenvalue weighted by molar-refractivity contribution is 5.94. The molecule has 4 aromatic rings. The molecule has 1 atom stereocenters. The third-order valence-corrected chi connectivity index (χ3v) is 6.27. The van der Waals surface area contributed by atoms with Crippen molar-refractivity contribution < 1.29 is 38.4 Å². The molecule has 9 nitrogen and oxygen atoms in total. The highest BCUT2D eigenvalue weighted by Gasteiger charge is 2.34. The van der Waals surface area contributed by atoms with Gasteiger partial charge in [-0.2, -0.15) is 0 Å². The Kier molecular flexibility index (Phi) is 5.68. The zero-order chi connectivity index (χ0) is 25.6. The molecule has 36 heavy (non-hydrogen) atoms. The van der Waals surface area contributed by atoms with Gasteiger partial charge in [0.05, 0.1) is 33.3 Å². The van der Waals surface area contributed by atoms with E-state index in [4.69, 9.17) is 23.4 Å². The van der Waals surface area contributed by atoms with Gasteiger partial charge in [-0.3, -0.25) is 9.59 Å². The predicted octanol–water partition coefficient (Wildman–Crippen LogP) is 4.34. The lowest BCUT2D eigenvalue weighted by atomic mass is 9.84. The number of carbonyl (C=O) groups excluding carboxylic acids is 1. The van der Waals surface area contributed by atoms with Gasteiger partial charge in [0.2, 0.25) is 5.43 Å². The van der Waals surface area contributed by atoms with Crippen LogP contribution in [0.25, 0.3) is 22.1 Å². The van der Waals surface area contributed by atoms with E-state index >= 15 is 0 Å². The molecule has 1 unspecified atom stereocenters. The lowest BCUT2D eigenvalue weighted by Crippen LogP contribution is -2.22. The zero-order valence-electron chi connectivity index (χ0n) is 19.7. The van der Waals surface area contributed by atoms with Crippen molar-refractivity contribution in [2.24, 2.45) is 0 Å². The molecule has 5 rings (SSSR count). The summed E-state index contributed by atoms with van der Waals surface area (Å²) in [6.45, 7) is 0. The third-order valence-electron chi connectivity index (χ3n) is 6.27. The van der Waals surface area contributed by atoms with Crippen LogP contribution in [0.3, 0.4) is 0 Å². The van der Waals surface area contributed by atoms with Gasteiger partial charge in [-0.15, -0.1) is 0 Å². The standard InChI is InChI=1S/C27H22O9/c1-32-19-7-5-14(9-21(19)34-3)16-12-35-27-24-15(13-4-6-17(28)20(8-13)33-2)10-23(30)36-22(24)11-18(29)25(27)26(16)31/h4-9,11-12,15,28-29H,10H2,1-3H3. The largest absolute Gasteiger partial charge is 0.507 e. The van der Waals surface area contributed by atoms with Gasteiger partial charge in [-0.25, -0.2) is 0 Å². The number of phenolic OH excluding ortho intramolecular Hbond substituents is 2. The average Bonchev–Trinajstić information content (AvgIpc) is 2.88. The second-order valence-electron chi connectivity index (χ2n) is 8.22. The van der Waals surface area contributed by atoms with Crippen LogP contribution in [0.2, 0.25) is 0 Å². The van der Waals surface area contributed by atoms with Crippen molar-refractivity contribution in [1.82, 2.24) is 0 Å². The van der Waals surface area contributed by atoms with Crippen molar-refractivity contribution in [3.05, 3.63) is 70.1 Å². The topological polar surface area (TPSA) is 125 Å². The first-order chi connectivity index (χ1) is 17.4. The summed E-state index contributed by atoms with van der Waals surface area (Å²) >= 11 is 0. The molecule has 2 N–H and O–H groups in total. The van der Waals surface area contributed by atoms with E-state index in [0.29, 0.717) is 28.2 Å². The summed E-state index contributed by atoms with van der Waals surface area (Å²) in [6, 6.07) is 11.0. The van der Waals surface area contributed by atoms with Crippen LogP contribution in [0.1, 0.15) is 23.5 Å². The van der Waals surface area contributed by atoms with E-state index in [9.17, 15) is 19.8 Å². The molecular weight excluding hydrogens is 468 g/mol. The van der Waals surface area contributed by atoms with E-state index in [1.165, 1.54) is 39.7 Å². The second-order valence-corrected chi connectivity index (χ2v) is 8.22. The van der Waals surface area contributed by atoms with Crippen molar-refractivity contribution in [3.63, 3.8) is 0 Å². The van der Waals surface area contributed by atoms with Gasteiger partial charge in [0, 0.05) is 17.5 Å². The smallest absolute Gasteiger partial charge is 0.312 e. The predicted molar refractivity (Wildman–Crippen MR) is 129 cm³/mol. The fourth-order valence-corrected chi connectivity index (χ4v) is 4.53.